The third-order valence-corrected chi connectivity index (χ3v) is 10.4. The molecule has 3 aromatic carbocycles. The van der Waals surface area contributed by atoms with Crippen LogP contribution in [0.5, 0.6) is 5.75 Å². The maximum atomic E-state index is 14.1. The Labute approximate surface area is 264 Å². The van der Waals surface area contributed by atoms with Crippen molar-refractivity contribution in [2.24, 2.45) is 0 Å². The third kappa shape index (κ3) is 7.73. The molecule has 2 amide bonds. The summed E-state index contributed by atoms with van der Waals surface area (Å²) in [4.78, 5) is 28.9. The Bertz CT molecular complexity index is 1510. The highest BCUT2D eigenvalue weighted by Gasteiger charge is 2.33. The predicted molar refractivity (Wildman–Crippen MR) is 171 cm³/mol. The molecule has 0 aliphatic heterocycles. The van der Waals surface area contributed by atoms with E-state index in [2.05, 4.69) is 37.2 Å². The molecule has 1 aliphatic rings. The second kappa shape index (κ2) is 14.1. The first-order valence-electron chi connectivity index (χ1n) is 13.8. The van der Waals surface area contributed by atoms with Gasteiger partial charge in [-0.3, -0.25) is 13.9 Å². The number of hydrogen-bond donors (Lipinski definition) is 1. The zero-order chi connectivity index (χ0) is 30.4. The van der Waals surface area contributed by atoms with Crippen molar-refractivity contribution in [1.29, 1.82) is 0 Å². The summed E-state index contributed by atoms with van der Waals surface area (Å²) in [5.74, 6) is -0.269. The van der Waals surface area contributed by atoms with Crippen LogP contribution in [0.1, 0.15) is 43.7 Å². The number of amides is 2. The lowest BCUT2D eigenvalue weighted by Gasteiger charge is -2.32. The van der Waals surface area contributed by atoms with E-state index in [0.29, 0.717) is 15.9 Å². The molecule has 8 nitrogen and oxygen atoms in total. The van der Waals surface area contributed by atoms with Crippen LogP contribution in [0, 0.1) is 6.92 Å². The zero-order valence-electron chi connectivity index (χ0n) is 23.8. The van der Waals surface area contributed by atoms with Crippen molar-refractivity contribution in [2.75, 3.05) is 18.0 Å². The minimum Gasteiger partial charge on any atom is -0.496 e. The van der Waals surface area contributed by atoms with Crippen LogP contribution in [-0.2, 0) is 26.2 Å². The van der Waals surface area contributed by atoms with Crippen molar-refractivity contribution in [1.82, 2.24) is 10.2 Å². The van der Waals surface area contributed by atoms with E-state index in [9.17, 15) is 18.0 Å². The number of benzene rings is 3. The first-order valence-corrected chi connectivity index (χ1v) is 16.8. The highest BCUT2D eigenvalue weighted by Crippen LogP contribution is 2.31. The van der Waals surface area contributed by atoms with Crippen LogP contribution in [0.3, 0.4) is 0 Å². The van der Waals surface area contributed by atoms with Crippen molar-refractivity contribution in [2.45, 2.75) is 63.1 Å². The second-order valence-corrected chi connectivity index (χ2v) is 14.1. The summed E-state index contributed by atoms with van der Waals surface area (Å²) in [6.45, 7) is 3.24. The van der Waals surface area contributed by atoms with E-state index in [-0.39, 0.29) is 23.4 Å². The first-order chi connectivity index (χ1) is 20.0. The van der Waals surface area contributed by atoms with E-state index in [1.165, 1.54) is 24.1 Å². The Hall–Kier alpha value is -2.89. The molecule has 0 spiro atoms. The van der Waals surface area contributed by atoms with Crippen LogP contribution >= 0.6 is 31.9 Å². The van der Waals surface area contributed by atoms with Crippen molar-refractivity contribution in [3.05, 3.63) is 86.8 Å². The lowest BCUT2D eigenvalue weighted by atomic mass is 10.1. The topological polar surface area (TPSA) is 96.0 Å². The number of carbonyl (C=O) groups excluding carboxylic acids is 2. The van der Waals surface area contributed by atoms with Gasteiger partial charge in [-0.05, 0) is 90.6 Å². The van der Waals surface area contributed by atoms with E-state index in [1.54, 1.807) is 37.3 Å². The van der Waals surface area contributed by atoms with E-state index < -0.39 is 28.5 Å². The molecule has 0 bridgehead atoms. The zero-order valence-corrected chi connectivity index (χ0v) is 27.8. The molecule has 0 radical (unpaired) electrons. The molecule has 0 saturated heterocycles. The second-order valence-electron chi connectivity index (χ2n) is 10.5. The van der Waals surface area contributed by atoms with Crippen molar-refractivity contribution in [3.8, 4) is 5.75 Å². The van der Waals surface area contributed by atoms with Gasteiger partial charge in [-0.25, -0.2) is 8.42 Å². The lowest BCUT2D eigenvalue weighted by Crippen LogP contribution is -2.52. The molecule has 1 saturated carbocycles. The first kappa shape index (κ1) is 32.0. The molecule has 224 valence electrons. The Morgan fingerprint density at radius 1 is 1.00 bits per heavy atom. The van der Waals surface area contributed by atoms with Gasteiger partial charge in [0.15, 0.2) is 0 Å². The number of carbonyl (C=O) groups is 2. The van der Waals surface area contributed by atoms with Crippen LogP contribution in [0.2, 0.25) is 0 Å². The van der Waals surface area contributed by atoms with E-state index in [0.717, 1.165) is 45.6 Å². The number of hydrogen-bond acceptors (Lipinski definition) is 5. The number of sulfonamides is 1. The predicted octanol–water partition coefficient (Wildman–Crippen LogP) is 6.20. The number of ether oxygens (including phenoxy) is 1. The van der Waals surface area contributed by atoms with Crippen LogP contribution in [0.4, 0.5) is 5.69 Å². The Balaban J connectivity index is 1.69. The minimum atomic E-state index is -4.19. The van der Waals surface area contributed by atoms with E-state index >= 15 is 0 Å². The summed E-state index contributed by atoms with van der Waals surface area (Å²) in [5.41, 5.74) is 2.10. The molecule has 0 aromatic heterocycles. The van der Waals surface area contributed by atoms with Gasteiger partial charge < -0.3 is 15.0 Å². The normalized spacial score (nSPS) is 14.3. The number of rotatable bonds is 11. The molecule has 3 aromatic rings. The molecule has 1 fully saturated rings. The quantitative estimate of drug-likeness (QED) is 0.255. The van der Waals surface area contributed by atoms with Gasteiger partial charge in [0.05, 0.1) is 22.2 Å². The van der Waals surface area contributed by atoms with Gasteiger partial charge in [0.1, 0.15) is 18.3 Å². The number of aryl methyl sites for hydroxylation is 1. The highest BCUT2D eigenvalue weighted by atomic mass is 79.9. The smallest absolute Gasteiger partial charge is 0.264 e. The summed E-state index contributed by atoms with van der Waals surface area (Å²) in [6, 6.07) is 18.1. The van der Waals surface area contributed by atoms with Gasteiger partial charge in [-0.1, -0.05) is 58.6 Å². The van der Waals surface area contributed by atoms with Gasteiger partial charge in [-0.15, -0.1) is 0 Å². The highest BCUT2D eigenvalue weighted by molar-refractivity contribution is 9.10. The van der Waals surface area contributed by atoms with Crippen LogP contribution in [-0.4, -0.2) is 50.9 Å². The van der Waals surface area contributed by atoms with Crippen LogP contribution < -0.4 is 14.4 Å². The van der Waals surface area contributed by atoms with Crippen LogP contribution in [0.15, 0.2) is 80.6 Å². The molecule has 1 N–H and O–H groups in total. The molecule has 11 heteroatoms. The lowest BCUT2D eigenvalue weighted by molar-refractivity contribution is -0.139. The van der Waals surface area contributed by atoms with Crippen LogP contribution in [0.25, 0.3) is 0 Å². The standard InChI is InChI=1S/C31H35Br2N3O5S/c1-21-8-14-26(15-9-21)36(42(39,40)27-16-17-29(41-3)28(33)18-27)20-30(37)35(19-23-10-12-24(32)13-11-23)22(2)31(38)34-25-6-4-5-7-25/h8-18,22,25H,4-7,19-20H2,1-3H3,(H,34,38)/t22-/m0/s1. The molecule has 4 rings (SSSR count). The number of nitrogens with zero attached hydrogens (tertiary/aromatic N) is 2. The summed E-state index contributed by atoms with van der Waals surface area (Å²) in [7, 11) is -2.70. The average molecular weight is 722 g/mol. The molecular weight excluding hydrogens is 686 g/mol. The van der Waals surface area contributed by atoms with E-state index in [4.69, 9.17) is 4.74 Å². The Kier molecular flexibility index (Phi) is 10.7. The van der Waals surface area contributed by atoms with Crippen molar-refractivity contribution < 1.29 is 22.7 Å². The van der Waals surface area contributed by atoms with Gasteiger partial charge >= 0.3 is 0 Å². The molecule has 0 heterocycles. The maximum Gasteiger partial charge on any atom is 0.264 e. The molecule has 42 heavy (non-hydrogen) atoms. The van der Waals surface area contributed by atoms with E-state index in [1.807, 2.05) is 31.2 Å². The largest absolute Gasteiger partial charge is 0.496 e. The van der Waals surface area contributed by atoms with Gasteiger partial charge in [0.25, 0.3) is 10.0 Å². The summed E-state index contributed by atoms with van der Waals surface area (Å²) >= 11 is 6.80. The molecule has 1 atom stereocenters. The molecule has 1 aliphatic carbocycles. The maximum absolute atomic E-state index is 14.1. The minimum absolute atomic E-state index is 0.00460. The van der Waals surface area contributed by atoms with Crippen molar-refractivity contribution in [3.63, 3.8) is 0 Å². The fourth-order valence-electron chi connectivity index (χ4n) is 4.94. The summed E-state index contributed by atoms with van der Waals surface area (Å²) in [6.07, 6.45) is 3.95. The number of methoxy groups -OCH3 is 1. The average Bonchev–Trinajstić information content (AvgIpc) is 3.48. The Morgan fingerprint density at radius 3 is 2.24 bits per heavy atom. The third-order valence-electron chi connectivity index (χ3n) is 7.45. The monoisotopic (exact) mass is 719 g/mol. The Morgan fingerprint density at radius 2 is 1.64 bits per heavy atom. The number of nitrogens with one attached hydrogen (secondary N) is 1. The SMILES string of the molecule is COc1ccc(S(=O)(=O)N(CC(=O)N(Cc2ccc(Br)cc2)[C@@H](C)C(=O)NC2CCCC2)c2ccc(C)cc2)cc1Br. The fourth-order valence-corrected chi connectivity index (χ4v) is 7.33. The molecular formula is C31H35Br2N3O5S. The van der Waals surface area contributed by atoms with Gasteiger partial charge in [-0.2, -0.15) is 0 Å². The summed E-state index contributed by atoms with van der Waals surface area (Å²) < 4.78 is 35.9. The fraction of sp³-hybridized carbons (Fsp3) is 0.355. The van der Waals surface area contributed by atoms with Gasteiger partial charge in [0, 0.05) is 17.1 Å². The summed E-state index contributed by atoms with van der Waals surface area (Å²) in [5, 5.41) is 3.08. The molecule has 0 unspecified atom stereocenters. The number of anilines is 1. The van der Waals surface area contributed by atoms with Crippen molar-refractivity contribution >= 4 is 59.4 Å². The number of halogens is 2. The van der Waals surface area contributed by atoms with Gasteiger partial charge in [0.2, 0.25) is 11.8 Å².